The van der Waals surface area contributed by atoms with E-state index in [1.54, 1.807) is 6.07 Å². The molecule has 18 heavy (non-hydrogen) atoms. The Kier molecular flexibility index (Phi) is 4.59. The molecule has 0 spiro atoms. The molecule has 1 atom stereocenters. The second-order valence-electron chi connectivity index (χ2n) is 5.18. The Bertz CT molecular complexity index is 373. The molecule has 0 aliphatic carbocycles. The first-order valence-electron chi connectivity index (χ1n) is 6.94. The Morgan fingerprint density at radius 1 is 1.33 bits per heavy atom. The van der Waals surface area contributed by atoms with Crippen molar-refractivity contribution in [3.63, 3.8) is 0 Å². The number of anilines is 1. The van der Waals surface area contributed by atoms with Crippen LogP contribution >= 0.6 is 0 Å². The largest absolute Gasteiger partial charge is 0.380 e. The quantitative estimate of drug-likeness (QED) is 0.881. The molecule has 0 saturated carbocycles. The molecule has 1 fully saturated rings. The summed E-state index contributed by atoms with van der Waals surface area (Å²) in [6.45, 7) is 7.86. The number of para-hydroxylation sites is 1. The highest BCUT2D eigenvalue weighted by Gasteiger charge is 2.23. The highest BCUT2D eigenvalue weighted by molar-refractivity contribution is 5.45. The molecule has 1 aliphatic heterocycles. The molecule has 100 valence electrons. The molecular weight excluding hydrogens is 227 g/mol. The zero-order chi connectivity index (χ0) is 13.0. The smallest absolute Gasteiger partial charge is 0.146 e. The van der Waals surface area contributed by atoms with Crippen molar-refractivity contribution in [2.24, 2.45) is 5.92 Å². The van der Waals surface area contributed by atoms with Crippen LogP contribution in [-0.4, -0.2) is 30.6 Å². The highest BCUT2D eigenvalue weighted by Crippen LogP contribution is 2.24. The lowest BCUT2D eigenvalue weighted by Crippen LogP contribution is -2.39. The van der Waals surface area contributed by atoms with Gasteiger partial charge in [-0.15, -0.1) is 0 Å². The summed E-state index contributed by atoms with van der Waals surface area (Å²) in [4.78, 5) is 2.48. The van der Waals surface area contributed by atoms with E-state index in [2.05, 4.69) is 24.1 Å². The summed E-state index contributed by atoms with van der Waals surface area (Å²) in [6, 6.07) is 7.26. The van der Waals surface area contributed by atoms with Gasteiger partial charge in [-0.2, -0.15) is 0 Å². The van der Waals surface area contributed by atoms with E-state index in [-0.39, 0.29) is 5.82 Å². The number of likely N-dealkylation sites (tertiary alicyclic amines) is 1. The molecule has 1 N–H and O–H groups in total. The molecule has 0 amide bonds. The summed E-state index contributed by atoms with van der Waals surface area (Å²) in [6.07, 6.45) is 2.41. The van der Waals surface area contributed by atoms with Crippen molar-refractivity contribution in [1.29, 1.82) is 0 Å². The zero-order valence-electron chi connectivity index (χ0n) is 11.3. The van der Waals surface area contributed by atoms with Gasteiger partial charge in [-0.1, -0.05) is 19.1 Å². The first-order valence-corrected chi connectivity index (χ1v) is 6.94. The molecule has 1 saturated heterocycles. The molecule has 1 aliphatic rings. The van der Waals surface area contributed by atoms with Crippen LogP contribution in [0.5, 0.6) is 0 Å². The SMILES string of the molecule is CCN1CCC(C(C)Nc2ccccc2F)CC1. The zero-order valence-corrected chi connectivity index (χ0v) is 11.3. The fourth-order valence-electron chi connectivity index (χ4n) is 2.71. The second-order valence-corrected chi connectivity index (χ2v) is 5.18. The molecule has 1 aromatic rings. The predicted molar refractivity (Wildman–Crippen MR) is 74.3 cm³/mol. The molecular formula is C15H23FN2. The maximum atomic E-state index is 13.6. The molecule has 1 unspecified atom stereocenters. The molecule has 0 radical (unpaired) electrons. The second kappa shape index (κ2) is 6.19. The Balaban J connectivity index is 1.89. The summed E-state index contributed by atoms with van der Waals surface area (Å²) in [5.41, 5.74) is 0.628. The minimum atomic E-state index is -0.157. The van der Waals surface area contributed by atoms with Crippen molar-refractivity contribution in [3.05, 3.63) is 30.1 Å². The fourth-order valence-corrected chi connectivity index (χ4v) is 2.71. The lowest BCUT2D eigenvalue weighted by Gasteiger charge is -2.34. The maximum Gasteiger partial charge on any atom is 0.146 e. The van der Waals surface area contributed by atoms with Gasteiger partial charge in [-0.05, 0) is 57.5 Å². The summed E-state index contributed by atoms with van der Waals surface area (Å²) in [5, 5.41) is 3.32. The predicted octanol–water partition coefficient (Wildman–Crippen LogP) is 3.36. The van der Waals surface area contributed by atoms with Gasteiger partial charge in [0.15, 0.2) is 0 Å². The number of nitrogens with zero attached hydrogens (tertiary/aromatic N) is 1. The summed E-state index contributed by atoms with van der Waals surface area (Å²) in [7, 11) is 0. The number of rotatable bonds is 4. The van der Waals surface area contributed by atoms with Crippen LogP contribution in [0.1, 0.15) is 26.7 Å². The molecule has 3 heteroatoms. The third-order valence-corrected chi connectivity index (χ3v) is 4.04. The summed E-state index contributed by atoms with van der Waals surface area (Å²) < 4.78 is 13.6. The van der Waals surface area contributed by atoms with E-state index in [1.807, 2.05) is 12.1 Å². The Morgan fingerprint density at radius 3 is 2.61 bits per heavy atom. The lowest BCUT2D eigenvalue weighted by atomic mass is 9.90. The summed E-state index contributed by atoms with van der Waals surface area (Å²) in [5.74, 6) is 0.489. The van der Waals surface area contributed by atoms with Crippen molar-refractivity contribution >= 4 is 5.69 Å². The van der Waals surface area contributed by atoms with E-state index < -0.39 is 0 Å². The van der Waals surface area contributed by atoms with Gasteiger partial charge in [-0.25, -0.2) is 4.39 Å². The molecule has 1 heterocycles. The first-order chi connectivity index (χ1) is 8.70. The fraction of sp³-hybridized carbons (Fsp3) is 0.600. The van der Waals surface area contributed by atoms with Crippen LogP contribution in [0, 0.1) is 11.7 Å². The van der Waals surface area contributed by atoms with Gasteiger partial charge in [-0.3, -0.25) is 0 Å². The normalized spacial score (nSPS) is 19.7. The molecule has 0 aromatic heterocycles. The van der Waals surface area contributed by atoms with Gasteiger partial charge in [0, 0.05) is 6.04 Å². The van der Waals surface area contributed by atoms with Crippen LogP contribution in [0.2, 0.25) is 0 Å². The van der Waals surface area contributed by atoms with E-state index in [4.69, 9.17) is 0 Å². The van der Waals surface area contributed by atoms with Crippen LogP contribution in [0.4, 0.5) is 10.1 Å². The van der Waals surface area contributed by atoms with Crippen LogP contribution in [0.15, 0.2) is 24.3 Å². The van der Waals surface area contributed by atoms with Gasteiger partial charge >= 0.3 is 0 Å². The van der Waals surface area contributed by atoms with Crippen molar-refractivity contribution in [2.75, 3.05) is 25.0 Å². The van der Waals surface area contributed by atoms with Gasteiger partial charge in [0.2, 0.25) is 0 Å². The maximum absolute atomic E-state index is 13.6. The topological polar surface area (TPSA) is 15.3 Å². The van der Waals surface area contributed by atoms with Gasteiger partial charge < -0.3 is 10.2 Å². The van der Waals surface area contributed by atoms with E-state index in [0.717, 1.165) is 6.54 Å². The molecule has 0 bridgehead atoms. The van der Waals surface area contributed by atoms with Crippen molar-refractivity contribution < 1.29 is 4.39 Å². The Labute approximate surface area is 109 Å². The van der Waals surface area contributed by atoms with Crippen LogP contribution < -0.4 is 5.32 Å². The van der Waals surface area contributed by atoms with Gasteiger partial charge in [0.1, 0.15) is 5.82 Å². The number of halogens is 1. The number of hydrogen-bond donors (Lipinski definition) is 1. The van der Waals surface area contributed by atoms with Crippen molar-refractivity contribution in [3.8, 4) is 0 Å². The number of hydrogen-bond acceptors (Lipinski definition) is 2. The third kappa shape index (κ3) is 3.22. The molecule has 2 nitrogen and oxygen atoms in total. The standard InChI is InChI=1S/C15H23FN2/c1-3-18-10-8-13(9-11-18)12(2)17-15-7-5-4-6-14(15)16/h4-7,12-13,17H,3,8-11H2,1-2H3. The summed E-state index contributed by atoms with van der Waals surface area (Å²) >= 11 is 0. The number of piperidine rings is 1. The number of nitrogens with one attached hydrogen (secondary N) is 1. The van der Waals surface area contributed by atoms with E-state index in [9.17, 15) is 4.39 Å². The van der Waals surface area contributed by atoms with E-state index >= 15 is 0 Å². The average Bonchev–Trinajstić information content (AvgIpc) is 2.41. The van der Waals surface area contributed by atoms with Crippen LogP contribution in [0.25, 0.3) is 0 Å². The highest BCUT2D eigenvalue weighted by atomic mass is 19.1. The van der Waals surface area contributed by atoms with Crippen molar-refractivity contribution in [2.45, 2.75) is 32.7 Å². The van der Waals surface area contributed by atoms with Crippen LogP contribution in [0.3, 0.4) is 0 Å². The monoisotopic (exact) mass is 250 g/mol. The van der Waals surface area contributed by atoms with Crippen LogP contribution in [-0.2, 0) is 0 Å². The Morgan fingerprint density at radius 2 is 2.00 bits per heavy atom. The minimum absolute atomic E-state index is 0.157. The third-order valence-electron chi connectivity index (χ3n) is 4.04. The van der Waals surface area contributed by atoms with Gasteiger partial charge in [0.05, 0.1) is 5.69 Å². The van der Waals surface area contributed by atoms with E-state index in [0.29, 0.717) is 17.6 Å². The number of benzene rings is 1. The first kappa shape index (κ1) is 13.3. The Hall–Kier alpha value is -1.09. The van der Waals surface area contributed by atoms with E-state index in [1.165, 1.54) is 32.0 Å². The molecule has 1 aromatic carbocycles. The molecule has 2 rings (SSSR count). The van der Waals surface area contributed by atoms with Gasteiger partial charge in [0.25, 0.3) is 0 Å². The lowest BCUT2D eigenvalue weighted by molar-refractivity contribution is 0.183. The average molecular weight is 250 g/mol. The minimum Gasteiger partial charge on any atom is -0.380 e. The van der Waals surface area contributed by atoms with Crippen molar-refractivity contribution in [1.82, 2.24) is 4.90 Å².